The second kappa shape index (κ2) is 8.21. The number of piperazine rings is 1. The summed E-state index contributed by atoms with van der Waals surface area (Å²) >= 11 is 0. The average Bonchev–Trinajstić information content (AvgIpc) is 2.25. The second-order valence-electron chi connectivity index (χ2n) is 3.92. The molecule has 0 saturated carbocycles. The molecule has 0 bridgehead atoms. The predicted octanol–water partition coefficient (Wildman–Crippen LogP) is 1.11. The topological polar surface area (TPSA) is 26.6 Å². The summed E-state index contributed by atoms with van der Waals surface area (Å²) < 4.78 is 5.02. The third-order valence-corrected chi connectivity index (χ3v) is 2.72. The Morgan fingerprint density at radius 2 is 1.79 bits per heavy atom. The van der Waals surface area contributed by atoms with Crippen LogP contribution >= 0.6 is 0 Å². The summed E-state index contributed by atoms with van der Waals surface area (Å²) in [7, 11) is 1.78. The highest BCUT2D eigenvalue weighted by Crippen LogP contribution is 2.03. The van der Waals surface area contributed by atoms with Crippen LogP contribution in [0.1, 0.15) is 25.7 Å². The zero-order chi connectivity index (χ0) is 10.1. The number of nitrogens with zero attached hydrogens (tertiary/aromatic N) is 2. The van der Waals surface area contributed by atoms with Crippen molar-refractivity contribution in [2.24, 2.45) is 0 Å². The van der Waals surface area contributed by atoms with Crippen LogP contribution in [0.15, 0.2) is 0 Å². The average molecular weight is 199 g/mol. The molecule has 0 N–H and O–H groups in total. The number of rotatable bonds is 7. The fraction of sp³-hybridized carbons (Fsp3) is 1.00. The van der Waals surface area contributed by atoms with Crippen LogP contribution in [0, 0.1) is 0 Å². The lowest BCUT2D eigenvalue weighted by Gasteiger charge is -2.26. The minimum atomic E-state index is 0.919. The van der Waals surface area contributed by atoms with E-state index in [1.807, 2.05) is 0 Å². The highest BCUT2D eigenvalue weighted by atomic mass is 16.5. The number of unbranched alkanes of at least 4 members (excludes halogenated alkanes) is 3. The lowest BCUT2D eigenvalue weighted by Crippen LogP contribution is -2.40. The molecule has 0 aromatic rings. The fourth-order valence-corrected chi connectivity index (χ4v) is 1.81. The Morgan fingerprint density at radius 1 is 1.07 bits per heavy atom. The highest BCUT2D eigenvalue weighted by Gasteiger charge is 2.08. The molecular formula is C11H23N2O. The first-order chi connectivity index (χ1) is 6.93. The molecule has 0 amide bonds. The molecule has 0 aromatic heterocycles. The molecule has 83 valence electrons. The number of hydrogen-bond donors (Lipinski definition) is 0. The van der Waals surface area contributed by atoms with E-state index in [0.29, 0.717) is 0 Å². The highest BCUT2D eigenvalue weighted by molar-refractivity contribution is 4.66. The van der Waals surface area contributed by atoms with Crippen LogP contribution in [0.5, 0.6) is 0 Å². The number of hydrogen-bond acceptors (Lipinski definition) is 2. The molecule has 3 heteroatoms. The zero-order valence-electron chi connectivity index (χ0n) is 9.37. The molecule has 1 radical (unpaired) electrons. The minimum Gasteiger partial charge on any atom is -0.385 e. The van der Waals surface area contributed by atoms with Gasteiger partial charge in [0, 0.05) is 39.9 Å². The molecule has 1 fully saturated rings. The third-order valence-electron chi connectivity index (χ3n) is 2.72. The monoisotopic (exact) mass is 199 g/mol. The van der Waals surface area contributed by atoms with E-state index in [0.717, 1.165) is 19.7 Å². The molecule has 0 unspecified atom stereocenters. The molecule has 0 spiro atoms. The van der Waals surface area contributed by atoms with Crippen LogP contribution in [0.4, 0.5) is 0 Å². The Labute approximate surface area is 87.8 Å². The number of ether oxygens (including phenoxy) is 1. The fourth-order valence-electron chi connectivity index (χ4n) is 1.81. The van der Waals surface area contributed by atoms with Crippen molar-refractivity contribution in [1.29, 1.82) is 0 Å². The standard InChI is InChI=1S/C11H23N2O/c1-14-11-5-3-2-4-8-13-9-6-12-7-10-13/h2-11H2,1H3. The van der Waals surface area contributed by atoms with Gasteiger partial charge in [-0.1, -0.05) is 12.8 Å². The van der Waals surface area contributed by atoms with Crippen LogP contribution in [0.3, 0.4) is 0 Å². The summed E-state index contributed by atoms with van der Waals surface area (Å²) in [6.45, 7) is 6.63. The van der Waals surface area contributed by atoms with Crippen molar-refractivity contribution >= 4 is 0 Å². The van der Waals surface area contributed by atoms with Gasteiger partial charge in [-0.05, 0) is 19.4 Å². The molecule has 0 aliphatic carbocycles. The van der Waals surface area contributed by atoms with E-state index in [4.69, 9.17) is 4.74 Å². The Balaban J connectivity index is 1.82. The quantitative estimate of drug-likeness (QED) is 0.574. The molecule has 3 nitrogen and oxygen atoms in total. The molecule has 1 saturated heterocycles. The molecule has 1 rings (SSSR count). The van der Waals surface area contributed by atoms with Crippen molar-refractivity contribution in [3.8, 4) is 0 Å². The first-order valence-electron chi connectivity index (χ1n) is 5.78. The smallest absolute Gasteiger partial charge is 0.0462 e. The Kier molecular flexibility index (Phi) is 7.01. The van der Waals surface area contributed by atoms with Crippen LogP contribution < -0.4 is 5.32 Å². The maximum Gasteiger partial charge on any atom is 0.0462 e. The van der Waals surface area contributed by atoms with E-state index in [-0.39, 0.29) is 0 Å². The molecule has 0 atom stereocenters. The Bertz CT molecular complexity index is 124. The van der Waals surface area contributed by atoms with Crippen LogP contribution in [-0.4, -0.2) is 51.3 Å². The number of methoxy groups -OCH3 is 1. The minimum absolute atomic E-state index is 0.919. The summed E-state index contributed by atoms with van der Waals surface area (Å²) in [5.74, 6) is 0. The van der Waals surface area contributed by atoms with E-state index in [2.05, 4.69) is 10.2 Å². The van der Waals surface area contributed by atoms with Crippen molar-refractivity contribution < 1.29 is 4.74 Å². The molecule has 1 aliphatic heterocycles. The van der Waals surface area contributed by atoms with Gasteiger partial charge in [-0.3, -0.25) is 0 Å². The van der Waals surface area contributed by atoms with Gasteiger partial charge >= 0.3 is 0 Å². The van der Waals surface area contributed by atoms with Crippen LogP contribution in [0.25, 0.3) is 0 Å². The van der Waals surface area contributed by atoms with Crippen LogP contribution in [-0.2, 0) is 4.74 Å². The van der Waals surface area contributed by atoms with Crippen molar-refractivity contribution in [3.05, 3.63) is 0 Å². The van der Waals surface area contributed by atoms with Crippen molar-refractivity contribution in [3.63, 3.8) is 0 Å². The lowest BCUT2D eigenvalue weighted by atomic mass is 10.2. The van der Waals surface area contributed by atoms with Gasteiger partial charge in [-0.2, -0.15) is 0 Å². The molecule has 14 heavy (non-hydrogen) atoms. The van der Waals surface area contributed by atoms with Gasteiger partial charge in [0.1, 0.15) is 0 Å². The van der Waals surface area contributed by atoms with Gasteiger partial charge in [0.25, 0.3) is 0 Å². The summed E-state index contributed by atoms with van der Waals surface area (Å²) in [5.41, 5.74) is 0. The zero-order valence-corrected chi connectivity index (χ0v) is 9.37. The molecular weight excluding hydrogens is 176 g/mol. The normalized spacial score (nSPS) is 18.6. The van der Waals surface area contributed by atoms with Gasteiger partial charge in [0.05, 0.1) is 0 Å². The van der Waals surface area contributed by atoms with E-state index in [9.17, 15) is 0 Å². The summed E-state index contributed by atoms with van der Waals surface area (Å²) in [5, 5.41) is 4.34. The van der Waals surface area contributed by atoms with E-state index in [1.165, 1.54) is 45.3 Å². The second-order valence-corrected chi connectivity index (χ2v) is 3.92. The Morgan fingerprint density at radius 3 is 2.50 bits per heavy atom. The molecule has 1 heterocycles. The van der Waals surface area contributed by atoms with Gasteiger partial charge in [-0.15, -0.1) is 0 Å². The maximum atomic E-state index is 5.02. The van der Waals surface area contributed by atoms with Gasteiger partial charge in [-0.25, -0.2) is 5.32 Å². The van der Waals surface area contributed by atoms with E-state index >= 15 is 0 Å². The first-order valence-corrected chi connectivity index (χ1v) is 5.78. The van der Waals surface area contributed by atoms with E-state index in [1.54, 1.807) is 7.11 Å². The van der Waals surface area contributed by atoms with Crippen molar-refractivity contribution in [1.82, 2.24) is 10.2 Å². The van der Waals surface area contributed by atoms with Crippen molar-refractivity contribution in [2.45, 2.75) is 25.7 Å². The molecule has 1 aliphatic rings. The largest absolute Gasteiger partial charge is 0.385 e. The molecule has 0 aromatic carbocycles. The maximum absolute atomic E-state index is 5.02. The SMILES string of the molecule is COCCCCCCN1CC[N]CC1. The van der Waals surface area contributed by atoms with E-state index < -0.39 is 0 Å². The summed E-state index contributed by atoms with van der Waals surface area (Å²) in [6.07, 6.45) is 5.21. The lowest BCUT2D eigenvalue weighted by molar-refractivity contribution is 0.190. The first kappa shape index (κ1) is 12.0. The predicted molar refractivity (Wildman–Crippen MR) is 58.7 cm³/mol. The Hall–Kier alpha value is -0.120. The van der Waals surface area contributed by atoms with Gasteiger partial charge in [0.15, 0.2) is 0 Å². The summed E-state index contributed by atoms with van der Waals surface area (Å²) in [6, 6.07) is 0. The summed E-state index contributed by atoms with van der Waals surface area (Å²) in [4.78, 5) is 2.53. The van der Waals surface area contributed by atoms with Crippen LogP contribution in [0.2, 0.25) is 0 Å². The van der Waals surface area contributed by atoms with Gasteiger partial charge < -0.3 is 9.64 Å². The van der Waals surface area contributed by atoms with Crippen molar-refractivity contribution in [2.75, 3.05) is 46.4 Å². The van der Waals surface area contributed by atoms with Gasteiger partial charge in [0.2, 0.25) is 0 Å². The third kappa shape index (κ3) is 5.58.